The van der Waals surface area contributed by atoms with Gasteiger partial charge in [0, 0.05) is 30.5 Å². The van der Waals surface area contributed by atoms with E-state index in [4.69, 9.17) is 9.47 Å². The highest BCUT2D eigenvalue weighted by Crippen LogP contribution is 2.33. The number of hydrogen-bond donors (Lipinski definition) is 0. The van der Waals surface area contributed by atoms with Gasteiger partial charge in [0.05, 0.1) is 18.7 Å². The Hall–Kier alpha value is -2.17. The molecule has 2 aromatic rings. The number of rotatable bonds is 3. The van der Waals surface area contributed by atoms with Crippen molar-refractivity contribution in [2.45, 2.75) is 31.8 Å². The van der Waals surface area contributed by atoms with Crippen LogP contribution in [0.2, 0.25) is 0 Å². The summed E-state index contributed by atoms with van der Waals surface area (Å²) >= 11 is 0. The molecule has 1 heterocycles. The summed E-state index contributed by atoms with van der Waals surface area (Å²) in [6, 6.07) is 3.74. The Morgan fingerprint density at radius 2 is 2.00 bits per heavy atom. The van der Waals surface area contributed by atoms with E-state index in [-0.39, 0.29) is 6.10 Å². The Bertz CT molecular complexity index is 632. The Morgan fingerprint density at radius 1 is 1.20 bits per heavy atom. The smallest absolute Gasteiger partial charge is 0.162 e. The molecule has 0 aliphatic heterocycles. The quantitative estimate of drug-likeness (QED) is 0.859. The first kappa shape index (κ1) is 12.8. The van der Waals surface area contributed by atoms with Gasteiger partial charge in [-0.1, -0.05) is 0 Å². The van der Waals surface area contributed by atoms with Gasteiger partial charge in [0.15, 0.2) is 11.5 Å². The summed E-state index contributed by atoms with van der Waals surface area (Å²) in [4.78, 5) is 19.5. The predicted octanol–water partition coefficient (Wildman–Crippen LogP) is 2.53. The molecule has 20 heavy (non-hydrogen) atoms. The largest absolute Gasteiger partial charge is 0.493 e. The van der Waals surface area contributed by atoms with Crippen LogP contribution in [0.15, 0.2) is 24.7 Å². The molecule has 3 rings (SSSR count). The third kappa shape index (κ3) is 2.57. The Kier molecular flexibility index (Phi) is 3.50. The third-order valence-corrected chi connectivity index (χ3v) is 3.57. The maximum Gasteiger partial charge on any atom is 0.162 e. The molecule has 5 heteroatoms. The van der Waals surface area contributed by atoms with Crippen LogP contribution in [-0.2, 0) is 4.79 Å². The first-order valence-corrected chi connectivity index (χ1v) is 6.72. The second-order valence-corrected chi connectivity index (χ2v) is 4.94. The molecule has 1 fully saturated rings. The van der Waals surface area contributed by atoms with Crippen molar-refractivity contribution in [1.82, 2.24) is 9.97 Å². The van der Waals surface area contributed by atoms with Crippen LogP contribution in [0, 0.1) is 0 Å². The summed E-state index contributed by atoms with van der Waals surface area (Å²) in [5.41, 5.74) is 0.822. The highest BCUT2D eigenvalue weighted by molar-refractivity contribution is 5.81. The molecule has 1 aromatic heterocycles. The van der Waals surface area contributed by atoms with Gasteiger partial charge in [0.25, 0.3) is 0 Å². The second-order valence-electron chi connectivity index (χ2n) is 4.94. The molecule has 1 saturated carbocycles. The van der Waals surface area contributed by atoms with Crippen LogP contribution in [0.3, 0.4) is 0 Å². The fourth-order valence-corrected chi connectivity index (χ4v) is 2.45. The molecule has 0 amide bonds. The van der Waals surface area contributed by atoms with Gasteiger partial charge in [-0.2, -0.15) is 0 Å². The highest BCUT2D eigenvalue weighted by Gasteiger charge is 2.21. The predicted molar refractivity (Wildman–Crippen MR) is 74.0 cm³/mol. The van der Waals surface area contributed by atoms with Crippen molar-refractivity contribution < 1.29 is 14.3 Å². The molecule has 5 nitrogen and oxygen atoms in total. The number of aromatic nitrogens is 2. The van der Waals surface area contributed by atoms with Crippen molar-refractivity contribution >= 4 is 16.7 Å². The maximum atomic E-state index is 11.3. The van der Waals surface area contributed by atoms with Crippen LogP contribution >= 0.6 is 0 Å². The molecule has 0 radical (unpaired) electrons. The van der Waals surface area contributed by atoms with Crippen molar-refractivity contribution in [2.75, 3.05) is 7.11 Å². The van der Waals surface area contributed by atoms with Gasteiger partial charge in [-0.15, -0.1) is 0 Å². The summed E-state index contributed by atoms with van der Waals surface area (Å²) in [5, 5.41) is 0.912. The molecule has 1 aromatic carbocycles. The third-order valence-electron chi connectivity index (χ3n) is 3.57. The Balaban J connectivity index is 1.87. The van der Waals surface area contributed by atoms with E-state index < -0.39 is 0 Å². The number of hydrogen-bond acceptors (Lipinski definition) is 5. The summed E-state index contributed by atoms with van der Waals surface area (Å²) in [6.45, 7) is 0. The fraction of sp³-hybridized carbons (Fsp3) is 0.400. The van der Waals surface area contributed by atoms with Crippen LogP contribution in [0.25, 0.3) is 10.9 Å². The first-order valence-electron chi connectivity index (χ1n) is 6.72. The van der Waals surface area contributed by atoms with Crippen molar-refractivity contribution in [1.29, 1.82) is 0 Å². The molecule has 0 saturated heterocycles. The number of methoxy groups -OCH3 is 1. The molecular formula is C15H16N2O3. The van der Waals surface area contributed by atoms with Crippen molar-refractivity contribution in [3.8, 4) is 11.5 Å². The zero-order valence-electron chi connectivity index (χ0n) is 11.3. The van der Waals surface area contributed by atoms with Crippen LogP contribution in [0.1, 0.15) is 25.7 Å². The van der Waals surface area contributed by atoms with E-state index in [0.717, 1.165) is 23.7 Å². The molecule has 1 aliphatic carbocycles. The van der Waals surface area contributed by atoms with Crippen LogP contribution in [0.4, 0.5) is 0 Å². The number of ether oxygens (including phenoxy) is 2. The molecule has 104 valence electrons. The topological polar surface area (TPSA) is 61.3 Å². The molecule has 0 bridgehead atoms. The monoisotopic (exact) mass is 272 g/mol. The van der Waals surface area contributed by atoms with Gasteiger partial charge in [0.2, 0.25) is 0 Å². The molecule has 0 atom stereocenters. The normalized spacial score (nSPS) is 16.4. The van der Waals surface area contributed by atoms with E-state index in [0.29, 0.717) is 30.1 Å². The minimum Gasteiger partial charge on any atom is -0.493 e. The van der Waals surface area contributed by atoms with Crippen molar-refractivity contribution in [3.05, 3.63) is 24.7 Å². The van der Waals surface area contributed by atoms with Crippen LogP contribution < -0.4 is 9.47 Å². The lowest BCUT2D eigenvalue weighted by molar-refractivity contribution is -0.121. The zero-order valence-corrected chi connectivity index (χ0v) is 11.3. The summed E-state index contributed by atoms with van der Waals surface area (Å²) in [5.74, 6) is 1.67. The standard InChI is InChI=1S/C15H16N2O3/c1-19-14-7-13-10(8-16-9-17-13)6-15(14)20-12-4-2-11(18)3-5-12/h6-9,12H,2-5H2,1H3. The van der Waals surface area contributed by atoms with Gasteiger partial charge in [-0.25, -0.2) is 9.97 Å². The number of Topliss-reactive ketones (excluding diaryl/α,β-unsaturated/α-hetero) is 1. The van der Waals surface area contributed by atoms with Crippen molar-refractivity contribution in [3.63, 3.8) is 0 Å². The van der Waals surface area contributed by atoms with Gasteiger partial charge in [-0.3, -0.25) is 4.79 Å². The molecular weight excluding hydrogens is 256 g/mol. The van der Waals surface area contributed by atoms with Crippen LogP contribution in [0.5, 0.6) is 11.5 Å². The molecule has 0 unspecified atom stereocenters. The Morgan fingerprint density at radius 3 is 2.75 bits per heavy atom. The summed E-state index contributed by atoms with van der Waals surface area (Å²) in [7, 11) is 1.61. The molecule has 0 spiro atoms. The number of ketones is 1. The number of carbonyl (C=O) groups excluding carboxylic acids is 1. The van der Waals surface area contributed by atoms with Crippen LogP contribution in [-0.4, -0.2) is 29.0 Å². The number of benzene rings is 1. The average Bonchev–Trinajstić information content (AvgIpc) is 2.49. The van der Waals surface area contributed by atoms with E-state index in [2.05, 4.69) is 9.97 Å². The van der Waals surface area contributed by atoms with Gasteiger partial charge in [0.1, 0.15) is 12.1 Å². The zero-order chi connectivity index (χ0) is 13.9. The minimum absolute atomic E-state index is 0.0729. The maximum absolute atomic E-state index is 11.3. The minimum atomic E-state index is 0.0729. The number of fused-ring (bicyclic) bond motifs is 1. The highest BCUT2D eigenvalue weighted by atomic mass is 16.5. The van der Waals surface area contributed by atoms with E-state index in [9.17, 15) is 4.79 Å². The second kappa shape index (κ2) is 5.45. The number of nitrogens with zero attached hydrogens (tertiary/aromatic N) is 2. The van der Waals surface area contributed by atoms with Crippen molar-refractivity contribution in [2.24, 2.45) is 0 Å². The Labute approximate surface area is 116 Å². The van der Waals surface area contributed by atoms with Gasteiger partial charge >= 0.3 is 0 Å². The molecule has 0 N–H and O–H groups in total. The average molecular weight is 272 g/mol. The van der Waals surface area contributed by atoms with Gasteiger partial charge in [-0.05, 0) is 18.9 Å². The molecule has 1 aliphatic rings. The first-order chi connectivity index (χ1) is 9.76. The summed E-state index contributed by atoms with van der Waals surface area (Å²) < 4.78 is 11.4. The van der Waals surface area contributed by atoms with E-state index in [1.807, 2.05) is 12.1 Å². The SMILES string of the molecule is COc1cc2ncncc2cc1OC1CCC(=O)CC1. The van der Waals surface area contributed by atoms with E-state index in [1.165, 1.54) is 6.33 Å². The lowest BCUT2D eigenvalue weighted by atomic mass is 9.96. The van der Waals surface area contributed by atoms with E-state index in [1.54, 1.807) is 13.3 Å². The number of carbonyl (C=O) groups is 1. The lowest BCUT2D eigenvalue weighted by Gasteiger charge is -2.23. The van der Waals surface area contributed by atoms with E-state index >= 15 is 0 Å². The van der Waals surface area contributed by atoms with Gasteiger partial charge < -0.3 is 9.47 Å². The lowest BCUT2D eigenvalue weighted by Crippen LogP contribution is -2.24. The summed E-state index contributed by atoms with van der Waals surface area (Å²) in [6.07, 6.45) is 6.07. The fourth-order valence-electron chi connectivity index (χ4n) is 2.45.